The summed E-state index contributed by atoms with van der Waals surface area (Å²) >= 11 is 1.45. The number of piperazine rings is 1. The summed E-state index contributed by atoms with van der Waals surface area (Å²) in [7, 11) is -3.67. The number of fused-ring (bicyclic) bond motifs is 1. The van der Waals surface area contributed by atoms with E-state index in [4.69, 9.17) is 0 Å². The summed E-state index contributed by atoms with van der Waals surface area (Å²) in [5, 5.41) is 3.21. The molecule has 1 aliphatic heterocycles. The molecule has 32 heavy (non-hydrogen) atoms. The Morgan fingerprint density at radius 2 is 1.88 bits per heavy atom. The zero-order valence-electron chi connectivity index (χ0n) is 17.0. The zero-order valence-corrected chi connectivity index (χ0v) is 18.6. The maximum absolute atomic E-state index is 13.1. The van der Waals surface area contributed by atoms with Crippen molar-refractivity contribution in [3.05, 3.63) is 60.0 Å². The lowest BCUT2D eigenvalue weighted by atomic mass is 10.2. The van der Waals surface area contributed by atoms with Crippen LogP contribution in [-0.2, 0) is 21.2 Å². The molecule has 164 valence electrons. The van der Waals surface area contributed by atoms with Crippen molar-refractivity contribution in [2.24, 2.45) is 0 Å². The fourth-order valence-corrected chi connectivity index (χ4v) is 6.09. The van der Waals surface area contributed by atoms with Crippen LogP contribution in [0.2, 0.25) is 0 Å². The first kappa shape index (κ1) is 20.7. The second-order valence-electron chi connectivity index (χ2n) is 7.37. The van der Waals surface area contributed by atoms with E-state index < -0.39 is 10.0 Å². The Hall–Kier alpha value is -3.15. The lowest BCUT2D eigenvalue weighted by molar-refractivity contribution is -0.131. The number of aromatic nitrogens is 4. The molecule has 1 fully saturated rings. The minimum absolute atomic E-state index is 0.0591. The standard InChI is InChI=1S/C21H20N6O3S2/c28-19(12-15-14-31-21(25-15)17-5-1-2-6-22-17)26-8-10-27(11-9-26)32(29,30)18-13-24-20-16(18)4-3-7-23-20/h1-7,13-14H,8-12H2,(H,23,24). The van der Waals surface area contributed by atoms with Crippen molar-refractivity contribution in [2.45, 2.75) is 11.3 Å². The fraction of sp³-hybridized carbons (Fsp3) is 0.238. The molecule has 1 amide bonds. The molecular weight excluding hydrogens is 448 g/mol. The summed E-state index contributed by atoms with van der Waals surface area (Å²) in [4.78, 5) is 30.6. The molecule has 4 aromatic rings. The van der Waals surface area contributed by atoms with Gasteiger partial charge in [0.05, 0.1) is 17.8 Å². The van der Waals surface area contributed by atoms with Gasteiger partial charge in [-0.2, -0.15) is 4.31 Å². The molecule has 0 spiro atoms. The van der Waals surface area contributed by atoms with E-state index in [-0.39, 0.29) is 30.3 Å². The number of thiazole rings is 1. The van der Waals surface area contributed by atoms with Crippen LogP contribution >= 0.6 is 11.3 Å². The van der Waals surface area contributed by atoms with E-state index in [2.05, 4.69) is 19.9 Å². The first-order valence-corrected chi connectivity index (χ1v) is 12.4. The summed E-state index contributed by atoms with van der Waals surface area (Å²) in [6.07, 6.45) is 4.99. The van der Waals surface area contributed by atoms with E-state index in [0.717, 1.165) is 10.7 Å². The molecule has 1 saturated heterocycles. The van der Waals surface area contributed by atoms with Crippen molar-refractivity contribution in [3.8, 4) is 10.7 Å². The largest absolute Gasteiger partial charge is 0.345 e. The molecule has 11 heteroatoms. The summed E-state index contributed by atoms with van der Waals surface area (Å²) < 4.78 is 27.7. The van der Waals surface area contributed by atoms with Crippen molar-refractivity contribution < 1.29 is 13.2 Å². The van der Waals surface area contributed by atoms with Crippen LogP contribution in [0.25, 0.3) is 21.7 Å². The molecule has 0 bridgehead atoms. The van der Waals surface area contributed by atoms with Crippen molar-refractivity contribution >= 4 is 38.3 Å². The van der Waals surface area contributed by atoms with Crippen LogP contribution in [0.4, 0.5) is 0 Å². The summed E-state index contributed by atoms with van der Waals surface area (Å²) in [6, 6.07) is 9.07. The van der Waals surface area contributed by atoms with E-state index in [1.54, 1.807) is 29.4 Å². The fourth-order valence-electron chi connectivity index (χ4n) is 3.72. The Bertz CT molecular complexity index is 1360. The Kier molecular flexibility index (Phi) is 5.45. The zero-order chi connectivity index (χ0) is 22.1. The van der Waals surface area contributed by atoms with Crippen LogP contribution in [0, 0.1) is 0 Å². The van der Waals surface area contributed by atoms with Gasteiger partial charge in [-0.05, 0) is 24.3 Å². The van der Waals surface area contributed by atoms with Gasteiger partial charge < -0.3 is 9.88 Å². The molecule has 0 aromatic carbocycles. The Morgan fingerprint density at radius 3 is 2.66 bits per heavy atom. The molecule has 5 rings (SSSR count). The van der Waals surface area contributed by atoms with Gasteiger partial charge in [0.15, 0.2) is 0 Å². The third-order valence-corrected chi connectivity index (χ3v) is 8.24. The van der Waals surface area contributed by atoms with Gasteiger partial charge in [-0.25, -0.2) is 18.4 Å². The minimum Gasteiger partial charge on any atom is -0.345 e. The SMILES string of the molecule is O=C(Cc1csc(-c2ccccn2)n1)N1CCN(S(=O)(=O)c2c[nH]c3ncccc23)CC1. The van der Waals surface area contributed by atoms with Crippen LogP contribution < -0.4 is 0 Å². The van der Waals surface area contributed by atoms with Crippen LogP contribution in [0.15, 0.2) is 59.2 Å². The molecular formula is C21H20N6O3S2. The molecule has 0 radical (unpaired) electrons. The van der Waals surface area contributed by atoms with Gasteiger partial charge in [0.1, 0.15) is 15.6 Å². The second kappa shape index (κ2) is 8.41. The van der Waals surface area contributed by atoms with Gasteiger partial charge in [0.25, 0.3) is 0 Å². The first-order chi connectivity index (χ1) is 15.5. The number of hydrogen-bond acceptors (Lipinski definition) is 7. The molecule has 5 heterocycles. The molecule has 0 atom stereocenters. The number of sulfonamides is 1. The van der Waals surface area contributed by atoms with E-state index in [9.17, 15) is 13.2 Å². The van der Waals surface area contributed by atoms with Gasteiger partial charge >= 0.3 is 0 Å². The molecule has 0 saturated carbocycles. The number of nitrogens with zero attached hydrogens (tertiary/aromatic N) is 5. The molecule has 1 aliphatic rings. The van der Waals surface area contributed by atoms with Crippen LogP contribution in [0.1, 0.15) is 5.69 Å². The van der Waals surface area contributed by atoms with Crippen molar-refractivity contribution in [3.63, 3.8) is 0 Å². The van der Waals surface area contributed by atoms with E-state index in [1.165, 1.54) is 21.8 Å². The molecule has 0 unspecified atom stereocenters. The number of hydrogen-bond donors (Lipinski definition) is 1. The van der Waals surface area contributed by atoms with E-state index in [1.807, 2.05) is 23.6 Å². The Balaban J connectivity index is 1.23. The van der Waals surface area contributed by atoms with Crippen LogP contribution in [-0.4, -0.2) is 69.6 Å². The lowest BCUT2D eigenvalue weighted by Crippen LogP contribution is -2.50. The van der Waals surface area contributed by atoms with Crippen molar-refractivity contribution in [1.29, 1.82) is 0 Å². The number of carbonyl (C=O) groups is 1. The van der Waals surface area contributed by atoms with Gasteiger partial charge in [-0.1, -0.05) is 6.07 Å². The normalized spacial score (nSPS) is 15.3. The number of rotatable bonds is 5. The maximum Gasteiger partial charge on any atom is 0.245 e. The highest BCUT2D eigenvalue weighted by Gasteiger charge is 2.32. The maximum atomic E-state index is 13.1. The highest BCUT2D eigenvalue weighted by atomic mass is 32.2. The predicted octanol–water partition coefficient (Wildman–Crippen LogP) is 2.16. The average molecular weight is 469 g/mol. The third-order valence-electron chi connectivity index (χ3n) is 5.39. The van der Waals surface area contributed by atoms with Crippen LogP contribution in [0.3, 0.4) is 0 Å². The number of aromatic amines is 1. The Labute approximate surface area is 188 Å². The third kappa shape index (κ3) is 3.90. The van der Waals surface area contributed by atoms with Crippen LogP contribution in [0.5, 0.6) is 0 Å². The van der Waals surface area contributed by atoms with E-state index in [0.29, 0.717) is 29.8 Å². The van der Waals surface area contributed by atoms with Crippen molar-refractivity contribution in [1.82, 2.24) is 29.1 Å². The first-order valence-electron chi connectivity index (χ1n) is 10.1. The van der Waals surface area contributed by atoms with Gasteiger partial charge in [-0.15, -0.1) is 11.3 Å². The summed E-state index contributed by atoms with van der Waals surface area (Å²) in [5.41, 5.74) is 2.01. The average Bonchev–Trinajstić information content (AvgIpc) is 3.47. The predicted molar refractivity (Wildman–Crippen MR) is 120 cm³/mol. The molecule has 1 N–H and O–H groups in total. The smallest absolute Gasteiger partial charge is 0.245 e. The number of H-pyrrole nitrogens is 1. The Morgan fingerprint density at radius 1 is 1.06 bits per heavy atom. The lowest BCUT2D eigenvalue weighted by Gasteiger charge is -2.33. The van der Waals surface area contributed by atoms with E-state index >= 15 is 0 Å². The quantitative estimate of drug-likeness (QED) is 0.480. The topological polar surface area (TPSA) is 112 Å². The van der Waals surface area contributed by atoms with Gasteiger partial charge in [0.2, 0.25) is 15.9 Å². The number of pyridine rings is 2. The monoisotopic (exact) mass is 468 g/mol. The molecule has 9 nitrogen and oxygen atoms in total. The molecule has 4 aromatic heterocycles. The number of nitrogens with one attached hydrogen (secondary N) is 1. The number of amides is 1. The van der Waals surface area contributed by atoms with Gasteiger partial charge in [-0.3, -0.25) is 9.78 Å². The minimum atomic E-state index is -3.67. The van der Waals surface area contributed by atoms with Gasteiger partial charge in [0, 0.05) is 55.5 Å². The number of carbonyl (C=O) groups excluding carboxylic acids is 1. The highest BCUT2D eigenvalue weighted by Crippen LogP contribution is 2.26. The second-order valence-corrected chi connectivity index (χ2v) is 10.1. The van der Waals surface area contributed by atoms with Crippen molar-refractivity contribution in [2.75, 3.05) is 26.2 Å². The highest BCUT2D eigenvalue weighted by molar-refractivity contribution is 7.89. The molecule has 0 aliphatic carbocycles. The summed E-state index contributed by atoms with van der Waals surface area (Å²) in [6.45, 7) is 1.18. The summed E-state index contributed by atoms with van der Waals surface area (Å²) in [5.74, 6) is -0.0591.